The van der Waals surface area contributed by atoms with E-state index < -0.39 is 12.6 Å². The minimum absolute atomic E-state index is 0.578. The van der Waals surface area contributed by atoms with E-state index in [9.17, 15) is 4.79 Å². The predicted octanol–water partition coefficient (Wildman–Crippen LogP) is 3.88. The number of hydrogen-bond donors (Lipinski definition) is 1. The first kappa shape index (κ1) is 16.7. The van der Waals surface area contributed by atoms with Crippen LogP contribution in [0, 0.1) is 0 Å². The highest BCUT2D eigenvalue weighted by Gasteiger charge is 2.07. The number of carbonyl (C=O) groups excluding carboxylic acids is 1. The molecular formula is C17H26O3. The number of aliphatic hydroxyl groups is 1. The quantitative estimate of drug-likeness (QED) is 0.401. The Morgan fingerprint density at radius 2 is 1.70 bits per heavy atom. The first-order chi connectivity index (χ1) is 9.77. The summed E-state index contributed by atoms with van der Waals surface area (Å²) in [5, 5.41) is 8.73. The molecule has 0 aliphatic carbocycles. The van der Waals surface area contributed by atoms with Crippen LogP contribution in [-0.4, -0.2) is 17.7 Å². The van der Waals surface area contributed by atoms with Gasteiger partial charge in [0.15, 0.2) is 0 Å². The van der Waals surface area contributed by atoms with Crippen molar-refractivity contribution in [2.45, 2.75) is 58.3 Å². The summed E-state index contributed by atoms with van der Waals surface area (Å²) in [6.07, 6.45) is 9.78. The number of benzene rings is 1. The summed E-state index contributed by atoms with van der Waals surface area (Å²) in [4.78, 5) is 11.1. The maximum atomic E-state index is 11.1. The summed E-state index contributed by atoms with van der Waals surface area (Å²) in [5.74, 6) is -0.0189. The molecule has 0 bridgehead atoms. The number of aryl methyl sites for hydroxylation is 1. The van der Waals surface area contributed by atoms with Crippen LogP contribution in [0.3, 0.4) is 0 Å². The minimum Gasteiger partial charge on any atom is -0.425 e. The van der Waals surface area contributed by atoms with Crippen molar-refractivity contribution in [2.24, 2.45) is 0 Å². The largest absolute Gasteiger partial charge is 0.425 e. The molecule has 0 unspecified atom stereocenters. The van der Waals surface area contributed by atoms with Crippen LogP contribution in [0.1, 0.15) is 57.4 Å². The second-order valence-electron chi connectivity index (χ2n) is 5.11. The van der Waals surface area contributed by atoms with Crippen LogP contribution in [-0.2, 0) is 11.2 Å². The number of ether oxygens (including phenoxy) is 1. The Hall–Kier alpha value is -1.35. The summed E-state index contributed by atoms with van der Waals surface area (Å²) in [6, 6.07) is 7.56. The van der Waals surface area contributed by atoms with Gasteiger partial charge in [-0.3, -0.25) is 0 Å². The Bertz CT molecular complexity index is 388. The van der Waals surface area contributed by atoms with Gasteiger partial charge >= 0.3 is 5.97 Å². The van der Waals surface area contributed by atoms with Gasteiger partial charge in [-0.15, -0.1) is 0 Å². The maximum absolute atomic E-state index is 11.1. The van der Waals surface area contributed by atoms with Crippen molar-refractivity contribution in [1.29, 1.82) is 0 Å². The molecule has 0 saturated heterocycles. The summed E-state index contributed by atoms with van der Waals surface area (Å²) in [6.45, 7) is 1.65. The van der Waals surface area contributed by atoms with E-state index >= 15 is 0 Å². The van der Waals surface area contributed by atoms with Crippen LogP contribution in [0.25, 0.3) is 0 Å². The number of aliphatic hydroxyl groups excluding tert-OH is 1. The first-order valence-electron chi connectivity index (χ1n) is 7.67. The minimum atomic E-state index is -0.600. The zero-order valence-corrected chi connectivity index (χ0v) is 12.4. The van der Waals surface area contributed by atoms with Gasteiger partial charge < -0.3 is 9.84 Å². The lowest BCUT2D eigenvalue weighted by molar-refractivity contribution is -0.137. The highest BCUT2D eigenvalue weighted by atomic mass is 16.5. The van der Waals surface area contributed by atoms with Crippen molar-refractivity contribution < 1.29 is 14.6 Å². The number of para-hydroxylation sites is 1. The number of unbranched alkanes of at least 4 members (excludes halogenated alkanes) is 6. The van der Waals surface area contributed by atoms with Gasteiger partial charge in [-0.05, 0) is 24.5 Å². The monoisotopic (exact) mass is 278 g/mol. The van der Waals surface area contributed by atoms with Gasteiger partial charge in [0.25, 0.3) is 0 Å². The molecule has 1 aromatic rings. The Balaban J connectivity index is 2.30. The molecule has 0 spiro atoms. The molecule has 0 amide bonds. The predicted molar refractivity (Wildman–Crippen MR) is 80.9 cm³/mol. The summed E-state index contributed by atoms with van der Waals surface area (Å²) in [7, 11) is 0. The van der Waals surface area contributed by atoms with Crippen LogP contribution in [0.4, 0.5) is 0 Å². The molecule has 3 heteroatoms. The molecule has 1 aromatic carbocycles. The molecule has 0 atom stereocenters. The van der Waals surface area contributed by atoms with E-state index in [1.807, 2.05) is 18.2 Å². The number of esters is 1. The van der Waals surface area contributed by atoms with E-state index in [1.54, 1.807) is 6.07 Å². The fourth-order valence-electron chi connectivity index (χ4n) is 2.24. The lowest BCUT2D eigenvalue weighted by Gasteiger charge is -2.09. The van der Waals surface area contributed by atoms with E-state index in [4.69, 9.17) is 9.84 Å². The van der Waals surface area contributed by atoms with Crippen molar-refractivity contribution in [2.75, 3.05) is 6.61 Å². The van der Waals surface area contributed by atoms with Crippen molar-refractivity contribution in [1.82, 2.24) is 0 Å². The van der Waals surface area contributed by atoms with Crippen LogP contribution < -0.4 is 4.74 Å². The molecule has 0 heterocycles. The summed E-state index contributed by atoms with van der Waals surface area (Å²) < 4.78 is 5.12. The van der Waals surface area contributed by atoms with E-state index in [0.717, 1.165) is 18.4 Å². The third kappa shape index (κ3) is 6.71. The van der Waals surface area contributed by atoms with Crippen molar-refractivity contribution in [3.8, 4) is 5.75 Å². The van der Waals surface area contributed by atoms with Gasteiger partial charge in [0.1, 0.15) is 12.4 Å². The van der Waals surface area contributed by atoms with Crippen LogP contribution in [0.2, 0.25) is 0 Å². The second-order valence-corrected chi connectivity index (χ2v) is 5.11. The van der Waals surface area contributed by atoms with E-state index in [2.05, 4.69) is 6.92 Å². The van der Waals surface area contributed by atoms with Gasteiger partial charge in [0, 0.05) is 0 Å². The topological polar surface area (TPSA) is 46.5 Å². The molecule has 3 nitrogen and oxygen atoms in total. The summed E-state index contributed by atoms with van der Waals surface area (Å²) >= 11 is 0. The zero-order valence-electron chi connectivity index (χ0n) is 12.4. The Morgan fingerprint density at radius 3 is 2.40 bits per heavy atom. The summed E-state index contributed by atoms with van der Waals surface area (Å²) in [5.41, 5.74) is 1.04. The van der Waals surface area contributed by atoms with Gasteiger partial charge in [-0.25, -0.2) is 4.79 Å². The lowest BCUT2D eigenvalue weighted by Crippen LogP contribution is -2.13. The van der Waals surface area contributed by atoms with Gasteiger partial charge in [0.05, 0.1) is 0 Å². The molecule has 0 radical (unpaired) electrons. The van der Waals surface area contributed by atoms with Crippen molar-refractivity contribution >= 4 is 5.97 Å². The molecule has 112 valence electrons. The second kappa shape index (κ2) is 10.4. The third-order valence-corrected chi connectivity index (χ3v) is 3.38. The van der Waals surface area contributed by atoms with Gasteiger partial charge in [-0.2, -0.15) is 0 Å². The molecular weight excluding hydrogens is 252 g/mol. The number of carbonyl (C=O) groups is 1. The molecule has 1 N–H and O–H groups in total. The average Bonchev–Trinajstić information content (AvgIpc) is 2.47. The Labute approximate surface area is 122 Å². The van der Waals surface area contributed by atoms with E-state index in [1.165, 1.54) is 38.5 Å². The van der Waals surface area contributed by atoms with E-state index in [-0.39, 0.29) is 0 Å². The normalized spacial score (nSPS) is 10.5. The highest BCUT2D eigenvalue weighted by molar-refractivity contribution is 5.73. The highest BCUT2D eigenvalue weighted by Crippen LogP contribution is 2.21. The maximum Gasteiger partial charge on any atom is 0.337 e. The third-order valence-electron chi connectivity index (χ3n) is 3.38. The van der Waals surface area contributed by atoms with Crippen LogP contribution in [0.5, 0.6) is 5.75 Å². The fraction of sp³-hybridized carbons (Fsp3) is 0.588. The molecule has 0 aromatic heterocycles. The molecule has 1 rings (SSSR count). The smallest absolute Gasteiger partial charge is 0.337 e. The SMILES string of the molecule is CCCCCCCCCc1ccccc1OC(=O)CO. The Kier molecular flexibility index (Phi) is 8.72. The van der Waals surface area contributed by atoms with Crippen molar-refractivity contribution in [3.05, 3.63) is 29.8 Å². The zero-order chi connectivity index (χ0) is 14.6. The van der Waals surface area contributed by atoms with Crippen molar-refractivity contribution in [3.63, 3.8) is 0 Å². The molecule has 20 heavy (non-hydrogen) atoms. The number of hydrogen-bond acceptors (Lipinski definition) is 3. The Morgan fingerprint density at radius 1 is 1.05 bits per heavy atom. The fourth-order valence-corrected chi connectivity index (χ4v) is 2.24. The van der Waals surface area contributed by atoms with Gasteiger partial charge in [-0.1, -0.05) is 63.6 Å². The van der Waals surface area contributed by atoms with Gasteiger partial charge in [0.2, 0.25) is 0 Å². The standard InChI is InChI=1S/C17H26O3/c1-2-3-4-5-6-7-8-11-15-12-9-10-13-16(15)20-17(19)14-18/h9-10,12-13,18H,2-8,11,14H2,1H3. The molecule has 0 aliphatic rings. The average molecular weight is 278 g/mol. The number of rotatable bonds is 10. The van der Waals surface area contributed by atoms with Crippen LogP contribution in [0.15, 0.2) is 24.3 Å². The lowest BCUT2D eigenvalue weighted by atomic mass is 10.0. The van der Waals surface area contributed by atoms with Crippen LogP contribution >= 0.6 is 0 Å². The molecule has 0 fully saturated rings. The van der Waals surface area contributed by atoms with E-state index in [0.29, 0.717) is 5.75 Å². The molecule has 0 aliphatic heterocycles. The first-order valence-corrected chi connectivity index (χ1v) is 7.67. The molecule has 0 saturated carbocycles.